The summed E-state index contributed by atoms with van der Waals surface area (Å²) in [5.41, 5.74) is 1.13. The molecule has 0 fully saturated rings. The Morgan fingerprint density at radius 2 is 2.40 bits per heavy atom. The van der Waals surface area contributed by atoms with Crippen LogP contribution in [0.3, 0.4) is 0 Å². The molecule has 1 nitrogen and oxygen atoms in total. The molecular weight excluding hydrogens is 328 g/mol. The Morgan fingerprint density at radius 3 is 2.90 bits per heavy atom. The van der Waals surface area contributed by atoms with E-state index in [1.54, 1.807) is 6.20 Å². The second kappa shape index (κ2) is 3.88. The van der Waals surface area contributed by atoms with Gasteiger partial charge in [-0.3, -0.25) is 0 Å². The van der Waals surface area contributed by atoms with E-state index in [9.17, 15) is 0 Å². The highest BCUT2D eigenvalue weighted by molar-refractivity contribution is 14.1. The third-order valence-corrected chi connectivity index (χ3v) is 2.80. The molecule has 0 aliphatic carbocycles. The minimum absolute atomic E-state index is 0.690. The van der Waals surface area contributed by atoms with Crippen LogP contribution in [0.4, 0.5) is 0 Å². The van der Waals surface area contributed by atoms with Crippen molar-refractivity contribution in [1.82, 2.24) is 4.98 Å². The summed E-state index contributed by atoms with van der Waals surface area (Å²) in [4.78, 5) is 4.07. The first-order valence-electron chi connectivity index (χ1n) is 2.60. The molecule has 0 bridgehead atoms. The van der Waals surface area contributed by atoms with Crippen molar-refractivity contribution < 1.29 is 0 Å². The maximum Gasteiger partial charge on any atom is 0.105 e. The van der Waals surface area contributed by atoms with Crippen LogP contribution in [0.15, 0.2) is 12.3 Å². The predicted molar refractivity (Wildman–Crippen MR) is 54.6 cm³/mol. The van der Waals surface area contributed by atoms with Crippen LogP contribution in [-0.2, 0) is 5.33 Å². The second-order valence-corrected chi connectivity index (χ2v) is 3.76. The van der Waals surface area contributed by atoms with E-state index in [0.717, 1.165) is 14.6 Å². The fraction of sp³-hybridized carbons (Fsp3) is 0.167. The smallest absolute Gasteiger partial charge is 0.105 e. The van der Waals surface area contributed by atoms with E-state index in [0.29, 0.717) is 5.02 Å². The van der Waals surface area contributed by atoms with Crippen molar-refractivity contribution in [2.75, 3.05) is 0 Å². The van der Waals surface area contributed by atoms with Crippen LogP contribution in [0.25, 0.3) is 0 Å². The van der Waals surface area contributed by atoms with Gasteiger partial charge in [0.25, 0.3) is 0 Å². The molecule has 0 N–H and O–H groups in total. The minimum atomic E-state index is 0.690. The zero-order valence-corrected chi connectivity index (χ0v) is 9.44. The van der Waals surface area contributed by atoms with Gasteiger partial charge < -0.3 is 0 Å². The molecule has 0 saturated carbocycles. The molecule has 0 atom stereocenters. The van der Waals surface area contributed by atoms with Crippen molar-refractivity contribution in [3.05, 3.63) is 26.5 Å². The van der Waals surface area contributed by atoms with Crippen LogP contribution in [0.2, 0.25) is 5.02 Å². The van der Waals surface area contributed by atoms with E-state index in [4.69, 9.17) is 11.6 Å². The van der Waals surface area contributed by atoms with Crippen molar-refractivity contribution in [3.8, 4) is 0 Å². The lowest BCUT2D eigenvalue weighted by Crippen LogP contribution is -1.87. The summed E-state index contributed by atoms with van der Waals surface area (Å²) in [6, 6.07) is 1.91. The van der Waals surface area contributed by atoms with E-state index in [1.165, 1.54) is 0 Å². The minimum Gasteiger partial charge on any atom is -0.248 e. The normalized spacial score (nSPS) is 9.90. The number of alkyl halides is 1. The molecule has 0 aliphatic heterocycles. The zero-order valence-electron chi connectivity index (χ0n) is 4.94. The predicted octanol–water partition coefficient (Wildman–Crippen LogP) is 3.23. The van der Waals surface area contributed by atoms with Gasteiger partial charge in [-0.15, -0.1) is 0 Å². The van der Waals surface area contributed by atoms with Gasteiger partial charge in [0.1, 0.15) is 3.70 Å². The summed E-state index contributed by atoms with van der Waals surface area (Å²) in [5, 5.41) is 1.49. The van der Waals surface area contributed by atoms with Crippen molar-refractivity contribution in [2.45, 2.75) is 5.33 Å². The number of hydrogen-bond acceptors (Lipinski definition) is 1. The average Bonchev–Trinajstić information content (AvgIpc) is 1.94. The highest BCUT2D eigenvalue weighted by Gasteiger charge is 1.98. The third kappa shape index (κ3) is 2.07. The van der Waals surface area contributed by atoms with Crippen LogP contribution < -0.4 is 0 Å². The van der Waals surface area contributed by atoms with Gasteiger partial charge in [0.2, 0.25) is 0 Å². The Bertz CT molecular complexity index is 241. The molecule has 0 unspecified atom stereocenters. The lowest BCUT2D eigenvalue weighted by molar-refractivity contribution is 1.20. The summed E-state index contributed by atoms with van der Waals surface area (Å²) in [6.07, 6.45) is 1.65. The van der Waals surface area contributed by atoms with Crippen molar-refractivity contribution in [2.24, 2.45) is 0 Å². The van der Waals surface area contributed by atoms with E-state index in [-0.39, 0.29) is 0 Å². The van der Waals surface area contributed by atoms with Crippen LogP contribution in [0.1, 0.15) is 5.56 Å². The topological polar surface area (TPSA) is 12.9 Å². The molecule has 0 amide bonds. The number of nitrogens with zero attached hydrogens (tertiary/aromatic N) is 1. The van der Waals surface area contributed by atoms with Gasteiger partial charge in [-0.25, -0.2) is 4.98 Å². The average molecular weight is 332 g/mol. The first kappa shape index (κ1) is 8.74. The number of hydrogen-bond donors (Lipinski definition) is 0. The summed E-state index contributed by atoms with van der Waals surface area (Å²) in [6.45, 7) is 0. The standard InChI is InChI=1S/C6H4BrClIN/c7-2-4-1-5(8)3-10-6(4)9/h1,3H,2H2. The monoisotopic (exact) mass is 331 g/mol. The summed E-state index contributed by atoms with van der Waals surface area (Å²) >= 11 is 11.2. The van der Waals surface area contributed by atoms with Gasteiger partial charge in [-0.2, -0.15) is 0 Å². The van der Waals surface area contributed by atoms with Crippen LogP contribution in [0.5, 0.6) is 0 Å². The van der Waals surface area contributed by atoms with Crippen LogP contribution >= 0.6 is 50.1 Å². The molecule has 0 spiro atoms. The maximum atomic E-state index is 5.71. The van der Waals surface area contributed by atoms with Crippen LogP contribution in [0, 0.1) is 3.70 Å². The molecule has 1 rings (SSSR count). The first-order valence-corrected chi connectivity index (χ1v) is 5.17. The van der Waals surface area contributed by atoms with Gasteiger partial charge in [0, 0.05) is 11.5 Å². The van der Waals surface area contributed by atoms with E-state index in [1.807, 2.05) is 6.07 Å². The number of halogens is 3. The van der Waals surface area contributed by atoms with Crippen LogP contribution in [-0.4, -0.2) is 4.98 Å². The summed E-state index contributed by atoms with van der Waals surface area (Å²) in [5.74, 6) is 0. The molecule has 4 heteroatoms. The number of rotatable bonds is 1. The lowest BCUT2D eigenvalue weighted by atomic mass is 10.3. The third-order valence-electron chi connectivity index (χ3n) is 1.02. The molecule has 0 saturated heterocycles. The van der Waals surface area contributed by atoms with E-state index >= 15 is 0 Å². The number of aromatic nitrogens is 1. The highest BCUT2D eigenvalue weighted by atomic mass is 127. The molecule has 10 heavy (non-hydrogen) atoms. The Morgan fingerprint density at radius 1 is 1.70 bits per heavy atom. The Balaban J connectivity index is 3.09. The van der Waals surface area contributed by atoms with Crippen molar-refractivity contribution in [3.63, 3.8) is 0 Å². The largest absolute Gasteiger partial charge is 0.248 e. The fourth-order valence-corrected chi connectivity index (χ4v) is 2.18. The molecule has 54 valence electrons. The van der Waals surface area contributed by atoms with Crippen molar-refractivity contribution in [1.29, 1.82) is 0 Å². The van der Waals surface area contributed by atoms with Gasteiger partial charge in [-0.1, -0.05) is 27.5 Å². The summed E-state index contributed by atoms with van der Waals surface area (Å²) in [7, 11) is 0. The zero-order chi connectivity index (χ0) is 7.56. The highest BCUT2D eigenvalue weighted by Crippen LogP contribution is 2.16. The molecule has 0 aliphatic rings. The second-order valence-electron chi connectivity index (χ2n) is 1.74. The van der Waals surface area contributed by atoms with Gasteiger partial charge in [0.15, 0.2) is 0 Å². The van der Waals surface area contributed by atoms with Crippen molar-refractivity contribution >= 4 is 50.1 Å². The summed E-state index contributed by atoms with van der Waals surface area (Å²) < 4.78 is 0.999. The molecule has 1 aromatic heterocycles. The SMILES string of the molecule is Clc1cnc(I)c(CBr)c1. The van der Waals surface area contributed by atoms with Gasteiger partial charge in [-0.05, 0) is 34.2 Å². The molecule has 1 aromatic rings. The molecule has 1 heterocycles. The van der Waals surface area contributed by atoms with E-state index < -0.39 is 0 Å². The Hall–Kier alpha value is 0.650. The lowest BCUT2D eigenvalue weighted by Gasteiger charge is -1.97. The number of pyridine rings is 1. The Kier molecular flexibility index (Phi) is 3.39. The fourth-order valence-electron chi connectivity index (χ4n) is 0.558. The van der Waals surface area contributed by atoms with Gasteiger partial charge >= 0.3 is 0 Å². The first-order chi connectivity index (χ1) is 4.74. The maximum absolute atomic E-state index is 5.71. The molecule has 0 radical (unpaired) electrons. The molecular formula is C6H4BrClIN. The quantitative estimate of drug-likeness (QED) is 0.437. The Labute approximate surface area is 86.4 Å². The van der Waals surface area contributed by atoms with E-state index in [2.05, 4.69) is 43.5 Å². The molecule has 0 aromatic carbocycles. The van der Waals surface area contributed by atoms with Gasteiger partial charge in [0.05, 0.1) is 5.02 Å².